The number of amides is 2. The van der Waals surface area contributed by atoms with Gasteiger partial charge in [-0.3, -0.25) is 21.0 Å². The Kier molecular flexibility index (Phi) is 8.70. The first-order valence-corrected chi connectivity index (χ1v) is 10.6. The van der Waals surface area contributed by atoms with Crippen LogP contribution in [0.4, 0.5) is 10.6 Å². The maximum absolute atomic E-state index is 12.6. The van der Waals surface area contributed by atoms with Crippen molar-refractivity contribution in [2.24, 2.45) is 0 Å². The van der Waals surface area contributed by atoms with Crippen LogP contribution in [0.2, 0.25) is 0 Å². The third-order valence-corrected chi connectivity index (χ3v) is 4.82. The molecule has 1 fully saturated rings. The molecule has 12 heteroatoms. The van der Waals surface area contributed by atoms with E-state index in [4.69, 9.17) is 25.7 Å². The summed E-state index contributed by atoms with van der Waals surface area (Å²) in [6, 6.07) is 4.48. The summed E-state index contributed by atoms with van der Waals surface area (Å²) in [6.45, 7) is 6.15. The van der Waals surface area contributed by atoms with E-state index in [0.29, 0.717) is 19.5 Å². The normalized spacial score (nSPS) is 15.9. The zero-order chi connectivity index (χ0) is 25.5. The maximum atomic E-state index is 12.6. The first-order valence-electron chi connectivity index (χ1n) is 10.6. The van der Waals surface area contributed by atoms with Gasteiger partial charge in [-0.05, 0) is 39.3 Å². The summed E-state index contributed by atoms with van der Waals surface area (Å²) in [5, 5.41) is 29.5. The molecule has 12 nitrogen and oxygen atoms in total. The molecule has 0 aliphatic carbocycles. The van der Waals surface area contributed by atoms with E-state index in [1.165, 1.54) is 18.2 Å². The number of amidine groups is 1. The van der Waals surface area contributed by atoms with Gasteiger partial charge >= 0.3 is 6.09 Å². The van der Waals surface area contributed by atoms with Gasteiger partial charge in [0.05, 0.1) is 19.5 Å². The van der Waals surface area contributed by atoms with Crippen LogP contribution in [0.25, 0.3) is 0 Å². The number of aromatic nitrogens is 1. The largest absolute Gasteiger partial charge is 0.481 e. The van der Waals surface area contributed by atoms with Crippen molar-refractivity contribution < 1.29 is 19.1 Å². The predicted molar refractivity (Wildman–Crippen MR) is 128 cm³/mol. The molecule has 5 N–H and O–H groups in total. The van der Waals surface area contributed by atoms with Gasteiger partial charge in [0, 0.05) is 26.3 Å². The Bertz CT molecular complexity index is 985. The zero-order valence-electron chi connectivity index (χ0n) is 20.1. The van der Waals surface area contributed by atoms with Crippen molar-refractivity contribution in [2.75, 3.05) is 32.6 Å². The molecule has 1 aliphatic rings. The van der Waals surface area contributed by atoms with Crippen LogP contribution in [-0.2, 0) is 14.3 Å². The molecule has 1 atom stereocenters. The minimum absolute atomic E-state index is 0.0263. The van der Waals surface area contributed by atoms with Crippen molar-refractivity contribution in [3.8, 4) is 0 Å². The lowest BCUT2D eigenvalue weighted by atomic mass is 10.2. The Hall–Kier alpha value is -3.96. The second kappa shape index (κ2) is 11.3. The van der Waals surface area contributed by atoms with E-state index in [2.05, 4.69) is 15.6 Å². The number of ether oxygens (including phenoxy) is 2. The van der Waals surface area contributed by atoms with Crippen LogP contribution < -0.4 is 10.6 Å². The van der Waals surface area contributed by atoms with Crippen LogP contribution in [0, 0.1) is 16.2 Å². The molecule has 1 aliphatic heterocycles. The van der Waals surface area contributed by atoms with Gasteiger partial charge in [-0.25, -0.2) is 9.78 Å². The Morgan fingerprint density at radius 2 is 2.00 bits per heavy atom. The molecule has 2 amide bonds. The summed E-state index contributed by atoms with van der Waals surface area (Å²) in [7, 11) is 2.88. The lowest BCUT2D eigenvalue weighted by Crippen LogP contribution is -2.43. The summed E-state index contributed by atoms with van der Waals surface area (Å²) in [4.78, 5) is 32.2. The molecule has 1 unspecified atom stereocenters. The molecular weight excluding hydrogens is 440 g/mol. The van der Waals surface area contributed by atoms with Crippen LogP contribution >= 0.6 is 0 Å². The molecular formula is C22H32N8O4. The van der Waals surface area contributed by atoms with Crippen LogP contribution in [0.3, 0.4) is 0 Å². The Balaban J connectivity index is 2.13. The molecule has 2 rings (SSSR count). The second-order valence-electron chi connectivity index (χ2n) is 8.50. The highest BCUT2D eigenvalue weighted by Gasteiger charge is 2.34. The van der Waals surface area contributed by atoms with E-state index >= 15 is 0 Å². The summed E-state index contributed by atoms with van der Waals surface area (Å²) >= 11 is 0. The lowest BCUT2D eigenvalue weighted by Gasteiger charge is -2.27. The van der Waals surface area contributed by atoms with Gasteiger partial charge in [0.2, 0.25) is 5.90 Å². The van der Waals surface area contributed by atoms with E-state index in [1.807, 2.05) is 0 Å². The Labute approximate surface area is 198 Å². The number of rotatable bonds is 7. The molecule has 1 aromatic heterocycles. The summed E-state index contributed by atoms with van der Waals surface area (Å²) in [6.07, 6.45) is 2.50. The highest BCUT2D eigenvalue weighted by atomic mass is 16.6. The van der Waals surface area contributed by atoms with E-state index in [-0.39, 0.29) is 34.9 Å². The van der Waals surface area contributed by atoms with Gasteiger partial charge in [0.1, 0.15) is 22.7 Å². The molecule has 0 bridgehead atoms. The molecule has 1 saturated heterocycles. The van der Waals surface area contributed by atoms with E-state index < -0.39 is 17.6 Å². The van der Waals surface area contributed by atoms with Gasteiger partial charge in [0.25, 0.3) is 5.91 Å². The molecule has 0 radical (unpaired) electrons. The van der Waals surface area contributed by atoms with E-state index in [0.717, 1.165) is 6.34 Å². The van der Waals surface area contributed by atoms with Crippen LogP contribution in [-0.4, -0.2) is 83.7 Å². The third-order valence-electron chi connectivity index (χ3n) is 4.82. The number of nitrogens with one attached hydrogen (secondary N) is 5. The maximum Gasteiger partial charge on any atom is 0.410 e. The van der Waals surface area contributed by atoms with Gasteiger partial charge in [-0.2, -0.15) is 0 Å². The van der Waals surface area contributed by atoms with E-state index in [9.17, 15) is 9.59 Å². The topological polar surface area (TPSA) is 168 Å². The number of pyridine rings is 1. The highest BCUT2D eigenvalue weighted by molar-refractivity contribution is 6.21. The third kappa shape index (κ3) is 6.77. The molecule has 0 saturated carbocycles. The molecule has 34 heavy (non-hydrogen) atoms. The lowest BCUT2D eigenvalue weighted by molar-refractivity contribution is -0.112. The smallest absolute Gasteiger partial charge is 0.410 e. The number of carbonyl (C=O) groups is 2. The van der Waals surface area contributed by atoms with Crippen molar-refractivity contribution in [2.45, 2.75) is 38.8 Å². The summed E-state index contributed by atoms with van der Waals surface area (Å²) in [5.74, 6) is -0.797. The number of nitrogens with zero attached hydrogens (tertiary/aromatic N) is 3. The number of hydrogen-bond acceptors (Lipinski definition) is 9. The average Bonchev–Trinajstić information content (AvgIpc) is 3.26. The fourth-order valence-electron chi connectivity index (χ4n) is 3.25. The zero-order valence-corrected chi connectivity index (χ0v) is 20.1. The highest BCUT2D eigenvalue weighted by Crippen LogP contribution is 2.20. The van der Waals surface area contributed by atoms with Crippen molar-refractivity contribution >= 4 is 35.9 Å². The number of methoxy groups -OCH3 is 1. The minimum atomic E-state index is -0.609. The number of carbonyl (C=O) groups excluding carboxylic acids is 2. The Morgan fingerprint density at radius 1 is 1.29 bits per heavy atom. The fourth-order valence-corrected chi connectivity index (χ4v) is 3.25. The van der Waals surface area contributed by atoms with E-state index in [1.54, 1.807) is 50.9 Å². The van der Waals surface area contributed by atoms with Gasteiger partial charge < -0.3 is 29.9 Å². The molecule has 0 aromatic carbocycles. The van der Waals surface area contributed by atoms with Gasteiger partial charge in [-0.15, -0.1) is 0 Å². The van der Waals surface area contributed by atoms with Crippen LogP contribution in [0.1, 0.15) is 32.9 Å². The molecule has 1 aromatic rings. The van der Waals surface area contributed by atoms with Crippen LogP contribution in [0.5, 0.6) is 0 Å². The van der Waals surface area contributed by atoms with Gasteiger partial charge in [0.15, 0.2) is 5.84 Å². The van der Waals surface area contributed by atoms with Crippen molar-refractivity contribution in [3.63, 3.8) is 0 Å². The molecule has 2 heterocycles. The SMILES string of the molecule is CN/C=C(\C(=N)OC)C(=O)Nc1cccc(C(=N)N(C=N)C2CCN(C(=O)OC(C)(C)C)C2)n1. The first kappa shape index (κ1) is 26.3. The summed E-state index contributed by atoms with van der Waals surface area (Å²) in [5.41, 5.74) is -0.401. The first-order chi connectivity index (χ1) is 16.0. The number of likely N-dealkylation sites (tertiary alicyclic amines) is 1. The number of anilines is 1. The standard InChI is InChI=1S/C22H32N8O4/c1-22(2,3)34-21(32)29-10-9-14(12-29)30(13-23)18(24)16-7-6-8-17(27-16)28-20(31)15(11-26-4)19(25)33-5/h6-8,11,13-14,23-26H,9-10,12H2,1-5H3,(H,27,28,31)/b15-11+,23-13?,24-18?,25-19?. The monoisotopic (exact) mass is 472 g/mol. The van der Waals surface area contributed by atoms with Crippen LogP contribution in [0.15, 0.2) is 30.0 Å². The molecule has 0 spiro atoms. The Morgan fingerprint density at radius 3 is 2.59 bits per heavy atom. The quantitative estimate of drug-likeness (QED) is 0.230. The van der Waals surface area contributed by atoms with Crippen molar-refractivity contribution in [1.82, 2.24) is 20.1 Å². The second-order valence-corrected chi connectivity index (χ2v) is 8.50. The fraction of sp³-hybridized carbons (Fsp3) is 0.455. The number of hydrogen-bond donors (Lipinski definition) is 5. The van der Waals surface area contributed by atoms with Crippen molar-refractivity contribution in [3.05, 3.63) is 35.7 Å². The average molecular weight is 473 g/mol. The van der Waals surface area contributed by atoms with Gasteiger partial charge in [-0.1, -0.05) is 6.07 Å². The predicted octanol–water partition coefficient (Wildman–Crippen LogP) is 1.99. The summed E-state index contributed by atoms with van der Waals surface area (Å²) < 4.78 is 10.2. The van der Waals surface area contributed by atoms with Crippen molar-refractivity contribution in [1.29, 1.82) is 16.2 Å². The molecule has 184 valence electrons. The minimum Gasteiger partial charge on any atom is -0.481 e.